The number of aromatic hydroxyl groups is 1. The average Bonchev–Trinajstić information content (AvgIpc) is 3.68. The summed E-state index contributed by atoms with van der Waals surface area (Å²) in [6.45, 7) is 0. The molecular weight excluding hydrogens is 725 g/mol. The topological polar surface area (TPSA) is 130 Å². The SMILES string of the molecule is COc1cc(O)ccc1[C@H]1C2=CC[C@@H]3C(=O)N(c4ccc(-c5nc6ccccc6o5)cc4)C(=O)[C@@H]3[C@@H]2C[C@@]2(Cl)C(=O)N(CBr)C(=O)[C@@]12Cl. The van der Waals surface area contributed by atoms with Crippen LogP contribution in [0.15, 0.2) is 82.8 Å². The van der Waals surface area contributed by atoms with Crippen molar-refractivity contribution in [2.45, 2.75) is 28.5 Å². The van der Waals surface area contributed by atoms with Crippen LogP contribution >= 0.6 is 39.1 Å². The summed E-state index contributed by atoms with van der Waals surface area (Å²) >= 11 is 17.8. The lowest BCUT2D eigenvalue weighted by atomic mass is 9.56. The Kier molecular flexibility index (Phi) is 7.07. The van der Waals surface area contributed by atoms with Gasteiger partial charge in [0.1, 0.15) is 17.0 Å². The van der Waals surface area contributed by atoms with Crippen molar-refractivity contribution < 1.29 is 33.4 Å². The number of phenolic OH excluding ortho intramolecular Hbond substituents is 1. The number of alkyl halides is 3. The van der Waals surface area contributed by atoms with Gasteiger partial charge in [-0.1, -0.05) is 45.8 Å². The first kappa shape index (κ1) is 31.1. The molecule has 13 heteroatoms. The third kappa shape index (κ3) is 4.07. The number of benzene rings is 3. The molecule has 8 rings (SSSR count). The van der Waals surface area contributed by atoms with Crippen LogP contribution in [-0.2, 0) is 19.2 Å². The second kappa shape index (κ2) is 10.9. The zero-order valence-electron chi connectivity index (χ0n) is 25.2. The Hall–Kier alpha value is -4.19. The number of allylic oxidation sites excluding steroid dienone is 2. The number of anilines is 1. The molecule has 2 aliphatic carbocycles. The molecule has 10 nitrogen and oxygen atoms in total. The van der Waals surface area contributed by atoms with Gasteiger partial charge in [-0.3, -0.25) is 29.0 Å². The van der Waals surface area contributed by atoms with Crippen LogP contribution in [0.1, 0.15) is 24.3 Å². The molecule has 0 spiro atoms. The van der Waals surface area contributed by atoms with E-state index >= 15 is 0 Å². The number of fused-ring (bicyclic) bond motifs is 5. The first-order valence-corrected chi connectivity index (χ1v) is 17.1. The van der Waals surface area contributed by atoms with Gasteiger partial charge in [0.2, 0.25) is 17.7 Å². The third-order valence-corrected chi connectivity index (χ3v) is 12.1. The number of carbonyl (C=O) groups excluding carboxylic acids is 4. The van der Waals surface area contributed by atoms with Gasteiger partial charge in [0, 0.05) is 23.1 Å². The monoisotopic (exact) mass is 749 g/mol. The minimum Gasteiger partial charge on any atom is -0.508 e. The molecular formula is C35H26BrCl2N3O7. The highest BCUT2D eigenvalue weighted by Gasteiger charge is 2.76. The van der Waals surface area contributed by atoms with Crippen LogP contribution in [0, 0.1) is 17.8 Å². The van der Waals surface area contributed by atoms with Gasteiger partial charge >= 0.3 is 0 Å². The standard InChI is InChI=1S/C35H26BrCl2N3O7/c1-47-26-14-19(42)10-11-21(26)28-20-12-13-22-27(23(20)15-34(37)32(45)40(16-36)33(46)35(28,34)38)31(44)41(30(22)43)18-8-6-17(7-9-18)29-39-24-4-2-3-5-25(24)48-29/h2-12,14,22-23,27-28,42H,13,15-16H2,1H3/t22-,23+,27-,28+,34+,35-/m0/s1. The number of ether oxygens (including phenoxy) is 1. The minimum atomic E-state index is -1.98. The Morgan fingerprint density at radius 3 is 2.46 bits per heavy atom. The van der Waals surface area contributed by atoms with Crippen LogP contribution in [-0.4, -0.2) is 60.9 Å². The van der Waals surface area contributed by atoms with Gasteiger partial charge in [0.15, 0.2) is 15.3 Å². The Labute approximate surface area is 292 Å². The molecule has 48 heavy (non-hydrogen) atoms. The molecule has 3 fully saturated rings. The lowest BCUT2D eigenvalue weighted by Gasteiger charge is -2.50. The molecule has 2 aliphatic heterocycles. The smallest absolute Gasteiger partial charge is 0.254 e. The summed E-state index contributed by atoms with van der Waals surface area (Å²) in [6, 6.07) is 18.6. The molecule has 4 aliphatic rings. The molecule has 0 radical (unpaired) electrons. The molecule has 0 unspecified atom stereocenters. The maximum atomic E-state index is 14.4. The number of rotatable bonds is 5. The van der Waals surface area contributed by atoms with Crippen molar-refractivity contribution in [3.05, 3.63) is 83.9 Å². The van der Waals surface area contributed by atoms with E-state index in [1.807, 2.05) is 30.3 Å². The summed E-state index contributed by atoms with van der Waals surface area (Å²) < 4.78 is 11.5. The van der Waals surface area contributed by atoms with Crippen molar-refractivity contribution in [2.75, 3.05) is 17.5 Å². The molecule has 3 heterocycles. The van der Waals surface area contributed by atoms with E-state index in [0.717, 1.165) is 4.90 Å². The maximum Gasteiger partial charge on any atom is 0.254 e. The first-order chi connectivity index (χ1) is 23.0. The highest BCUT2D eigenvalue weighted by atomic mass is 79.9. The van der Waals surface area contributed by atoms with Crippen molar-refractivity contribution in [1.82, 2.24) is 9.88 Å². The Morgan fingerprint density at radius 2 is 1.75 bits per heavy atom. The summed E-state index contributed by atoms with van der Waals surface area (Å²) in [6.07, 6.45) is 1.92. The number of methoxy groups -OCH3 is 1. The number of imide groups is 2. The van der Waals surface area contributed by atoms with E-state index in [1.54, 1.807) is 30.3 Å². The number of nitrogens with zero attached hydrogens (tertiary/aromatic N) is 3. The predicted molar refractivity (Wildman–Crippen MR) is 180 cm³/mol. The lowest BCUT2D eigenvalue weighted by molar-refractivity contribution is -0.138. The molecule has 4 amide bonds. The Morgan fingerprint density at radius 1 is 1.00 bits per heavy atom. The fourth-order valence-electron chi connectivity index (χ4n) is 8.04. The molecule has 1 saturated carbocycles. The number of hydrogen-bond donors (Lipinski definition) is 1. The molecule has 244 valence electrons. The van der Waals surface area contributed by atoms with Crippen molar-refractivity contribution in [2.24, 2.45) is 17.8 Å². The number of phenols is 1. The zero-order chi connectivity index (χ0) is 33.7. The van der Waals surface area contributed by atoms with Gasteiger partial charge in [-0.2, -0.15) is 0 Å². The van der Waals surface area contributed by atoms with Crippen LogP contribution < -0.4 is 9.64 Å². The largest absolute Gasteiger partial charge is 0.508 e. The van der Waals surface area contributed by atoms with Gasteiger partial charge in [0.25, 0.3) is 11.8 Å². The number of carbonyl (C=O) groups is 4. The van der Waals surface area contributed by atoms with E-state index in [2.05, 4.69) is 20.9 Å². The van der Waals surface area contributed by atoms with Crippen LogP contribution in [0.25, 0.3) is 22.6 Å². The number of likely N-dealkylation sites (tertiary alicyclic amines) is 1. The number of para-hydroxylation sites is 2. The van der Waals surface area contributed by atoms with E-state index in [-0.39, 0.29) is 35.7 Å². The zero-order valence-corrected chi connectivity index (χ0v) is 28.3. The van der Waals surface area contributed by atoms with Crippen molar-refractivity contribution >= 4 is 79.5 Å². The predicted octanol–water partition coefficient (Wildman–Crippen LogP) is 6.12. The van der Waals surface area contributed by atoms with Gasteiger partial charge < -0.3 is 14.3 Å². The highest BCUT2D eigenvalue weighted by Crippen LogP contribution is 2.66. The summed E-state index contributed by atoms with van der Waals surface area (Å²) in [4.78, 5) is 59.0. The molecule has 4 aromatic rings. The average molecular weight is 751 g/mol. The molecule has 1 N–H and O–H groups in total. The Balaban J connectivity index is 1.20. The van der Waals surface area contributed by atoms with Crippen molar-refractivity contribution in [1.29, 1.82) is 0 Å². The van der Waals surface area contributed by atoms with E-state index in [0.29, 0.717) is 39.4 Å². The fourth-order valence-corrected chi connectivity index (χ4v) is 9.46. The first-order valence-electron chi connectivity index (χ1n) is 15.2. The molecule has 6 atom stereocenters. The maximum absolute atomic E-state index is 14.4. The minimum absolute atomic E-state index is 0.0772. The molecule has 3 aromatic carbocycles. The van der Waals surface area contributed by atoms with Crippen LogP contribution in [0.3, 0.4) is 0 Å². The summed E-state index contributed by atoms with van der Waals surface area (Å²) in [5, 5.41) is 10.2. The summed E-state index contributed by atoms with van der Waals surface area (Å²) in [7, 11) is 1.41. The normalized spacial score (nSPS) is 29.6. The third-order valence-electron chi connectivity index (χ3n) is 10.2. The Bertz CT molecular complexity index is 2070. The van der Waals surface area contributed by atoms with Gasteiger partial charge in [-0.05, 0) is 61.2 Å². The van der Waals surface area contributed by atoms with Crippen molar-refractivity contribution in [3.63, 3.8) is 0 Å². The summed E-state index contributed by atoms with van der Waals surface area (Å²) in [5.41, 5.74) is 3.33. The number of aromatic nitrogens is 1. The van der Waals surface area contributed by atoms with Gasteiger partial charge in [-0.15, -0.1) is 23.2 Å². The molecule has 0 bridgehead atoms. The second-order valence-electron chi connectivity index (χ2n) is 12.5. The fraction of sp³-hybridized carbons (Fsp3) is 0.286. The summed E-state index contributed by atoms with van der Waals surface area (Å²) in [5.74, 6) is -4.90. The van der Waals surface area contributed by atoms with E-state index < -0.39 is 51.1 Å². The van der Waals surface area contributed by atoms with Crippen molar-refractivity contribution in [3.8, 4) is 23.0 Å². The van der Waals surface area contributed by atoms with Crippen LogP contribution in [0.4, 0.5) is 5.69 Å². The van der Waals surface area contributed by atoms with Gasteiger partial charge in [-0.25, -0.2) is 4.98 Å². The van der Waals surface area contributed by atoms with Crippen LogP contribution in [0.5, 0.6) is 11.5 Å². The van der Waals surface area contributed by atoms with E-state index in [1.165, 1.54) is 24.1 Å². The van der Waals surface area contributed by atoms with E-state index in [9.17, 15) is 24.3 Å². The number of halogens is 3. The number of oxazole rings is 1. The number of amides is 4. The van der Waals surface area contributed by atoms with Crippen LogP contribution in [0.2, 0.25) is 0 Å². The van der Waals surface area contributed by atoms with Gasteiger partial charge in [0.05, 0.1) is 30.1 Å². The molecule has 1 aromatic heterocycles. The molecule has 2 saturated heterocycles. The second-order valence-corrected chi connectivity index (χ2v) is 14.2. The lowest BCUT2D eigenvalue weighted by Crippen LogP contribution is -2.60. The highest BCUT2D eigenvalue weighted by molar-refractivity contribution is 9.09. The van der Waals surface area contributed by atoms with E-state index in [4.69, 9.17) is 32.4 Å². The quantitative estimate of drug-likeness (QED) is 0.112. The number of hydrogen-bond acceptors (Lipinski definition) is 8.